The van der Waals surface area contributed by atoms with Crippen molar-refractivity contribution in [3.05, 3.63) is 46.2 Å². The number of likely N-dealkylation sites (tertiary alicyclic amines) is 1. The molecule has 0 spiro atoms. The molecule has 0 saturated carbocycles. The molecular formula is C19H26ClN3O2. The van der Waals surface area contributed by atoms with Crippen molar-refractivity contribution in [2.24, 2.45) is 7.05 Å². The summed E-state index contributed by atoms with van der Waals surface area (Å²) in [4.78, 5) is 2.27. The number of benzene rings is 1. The van der Waals surface area contributed by atoms with E-state index in [1.807, 2.05) is 25.2 Å². The number of aryl methyl sites for hydroxylation is 2. The van der Waals surface area contributed by atoms with Gasteiger partial charge in [-0.2, -0.15) is 5.10 Å². The summed E-state index contributed by atoms with van der Waals surface area (Å²) in [6.45, 7) is 4.38. The van der Waals surface area contributed by atoms with E-state index >= 15 is 0 Å². The van der Waals surface area contributed by atoms with Gasteiger partial charge in [-0.25, -0.2) is 0 Å². The minimum atomic E-state index is -0.402. The highest BCUT2D eigenvalue weighted by atomic mass is 35.5. The SMILES string of the molecule is CCc1nn(C)c(Cl)c1CN1CC[C@@H](c2cccc(OC)c2)[C@H](O)C1. The minimum absolute atomic E-state index is 0.140. The van der Waals surface area contributed by atoms with Crippen LogP contribution < -0.4 is 4.74 Å². The lowest BCUT2D eigenvalue weighted by Gasteiger charge is -2.36. The summed E-state index contributed by atoms with van der Waals surface area (Å²) in [5, 5.41) is 15.9. The van der Waals surface area contributed by atoms with Crippen molar-refractivity contribution in [1.82, 2.24) is 14.7 Å². The first kappa shape index (κ1) is 18.2. The van der Waals surface area contributed by atoms with E-state index in [0.717, 1.165) is 48.5 Å². The van der Waals surface area contributed by atoms with Crippen LogP contribution in [0.2, 0.25) is 5.15 Å². The number of hydrogen-bond donors (Lipinski definition) is 1. The number of ether oxygens (including phenoxy) is 1. The number of rotatable bonds is 5. The van der Waals surface area contributed by atoms with Gasteiger partial charge in [-0.1, -0.05) is 30.7 Å². The molecule has 6 heteroatoms. The molecule has 1 saturated heterocycles. The van der Waals surface area contributed by atoms with Crippen LogP contribution in [0.25, 0.3) is 0 Å². The van der Waals surface area contributed by atoms with Crippen LogP contribution in [0, 0.1) is 0 Å². The van der Waals surface area contributed by atoms with Gasteiger partial charge in [0.25, 0.3) is 0 Å². The topological polar surface area (TPSA) is 50.5 Å². The average molecular weight is 364 g/mol. The van der Waals surface area contributed by atoms with E-state index in [9.17, 15) is 5.11 Å². The maximum absolute atomic E-state index is 10.7. The summed E-state index contributed by atoms with van der Waals surface area (Å²) in [5.74, 6) is 0.975. The molecule has 0 amide bonds. The van der Waals surface area contributed by atoms with Gasteiger partial charge in [-0.3, -0.25) is 9.58 Å². The third kappa shape index (κ3) is 3.84. The molecule has 2 aromatic rings. The number of aromatic nitrogens is 2. The first-order valence-electron chi connectivity index (χ1n) is 8.78. The summed E-state index contributed by atoms with van der Waals surface area (Å²) in [6, 6.07) is 8.01. The van der Waals surface area contributed by atoms with Gasteiger partial charge in [0.2, 0.25) is 0 Å². The zero-order chi connectivity index (χ0) is 18.0. The Morgan fingerprint density at radius 2 is 2.20 bits per heavy atom. The molecule has 0 unspecified atom stereocenters. The Kier molecular flexibility index (Phi) is 5.67. The van der Waals surface area contributed by atoms with Crippen molar-refractivity contribution in [3.63, 3.8) is 0 Å². The number of halogens is 1. The first-order chi connectivity index (χ1) is 12.0. The molecule has 1 aromatic carbocycles. The number of piperidine rings is 1. The van der Waals surface area contributed by atoms with Gasteiger partial charge >= 0.3 is 0 Å². The molecule has 5 nitrogen and oxygen atoms in total. The van der Waals surface area contributed by atoms with E-state index < -0.39 is 6.10 Å². The highest BCUT2D eigenvalue weighted by Gasteiger charge is 2.30. The Morgan fingerprint density at radius 1 is 1.40 bits per heavy atom. The second-order valence-electron chi connectivity index (χ2n) is 6.67. The summed E-state index contributed by atoms with van der Waals surface area (Å²) < 4.78 is 7.04. The zero-order valence-corrected chi connectivity index (χ0v) is 15.8. The van der Waals surface area contributed by atoms with Crippen LogP contribution in [0.3, 0.4) is 0 Å². The van der Waals surface area contributed by atoms with E-state index in [2.05, 4.69) is 23.0 Å². The van der Waals surface area contributed by atoms with Gasteiger partial charge < -0.3 is 9.84 Å². The molecule has 2 atom stereocenters. The molecule has 2 heterocycles. The smallest absolute Gasteiger partial charge is 0.131 e. The Bertz CT molecular complexity index is 731. The van der Waals surface area contributed by atoms with Crippen molar-refractivity contribution in [3.8, 4) is 5.75 Å². The van der Waals surface area contributed by atoms with Gasteiger partial charge in [0.15, 0.2) is 0 Å². The van der Waals surface area contributed by atoms with Crippen molar-refractivity contribution < 1.29 is 9.84 Å². The maximum Gasteiger partial charge on any atom is 0.131 e. The van der Waals surface area contributed by atoms with Crippen molar-refractivity contribution >= 4 is 11.6 Å². The third-order valence-corrected chi connectivity index (χ3v) is 5.53. The lowest BCUT2D eigenvalue weighted by molar-refractivity contribution is 0.0475. The van der Waals surface area contributed by atoms with Crippen LogP contribution in [0.4, 0.5) is 0 Å². The van der Waals surface area contributed by atoms with Crippen LogP contribution in [-0.4, -0.2) is 46.1 Å². The molecular weight excluding hydrogens is 338 g/mol. The van der Waals surface area contributed by atoms with Gasteiger partial charge in [0.1, 0.15) is 10.9 Å². The summed E-state index contributed by atoms with van der Waals surface area (Å²) in [5.41, 5.74) is 3.26. The van der Waals surface area contributed by atoms with Gasteiger partial charge in [-0.15, -0.1) is 0 Å². The second kappa shape index (κ2) is 7.77. The lowest BCUT2D eigenvalue weighted by atomic mass is 9.87. The maximum atomic E-state index is 10.7. The summed E-state index contributed by atoms with van der Waals surface area (Å²) in [7, 11) is 3.54. The number of methoxy groups -OCH3 is 1. The fourth-order valence-electron chi connectivity index (χ4n) is 3.67. The minimum Gasteiger partial charge on any atom is -0.497 e. The highest BCUT2D eigenvalue weighted by Crippen LogP contribution is 2.32. The lowest BCUT2D eigenvalue weighted by Crippen LogP contribution is -2.42. The second-order valence-corrected chi connectivity index (χ2v) is 7.03. The highest BCUT2D eigenvalue weighted by molar-refractivity contribution is 6.30. The van der Waals surface area contributed by atoms with Crippen molar-refractivity contribution in [2.45, 2.75) is 38.3 Å². The van der Waals surface area contributed by atoms with Gasteiger partial charge in [0.05, 0.1) is 18.9 Å². The Morgan fingerprint density at radius 3 is 2.88 bits per heavy atom. The van der Waals surface area contributed by atoms with Crippen LogP contribution in [0.15, 0.2) is 24.3 Å². The standard InChI is InChI=1S/C19H26ClN3O2/c1-4-17-16(19(20)22(2)21-17)11-23-9-8-15(18(24)12-23)13-6-5-7-14(10-13)25-3/h5-7,10,15,18,24H,4,8-9,11-12H2,1-3H3/t15-,18+/m0/s1. The quantitative estimate of drug-likeness (QED) is 0.887. The summed E-state index contributed by atoms with van der Waals surface area (Å²) in [6.07, 6.45) is 1.37. The van der Waals surface area contributed by atoms with E-state index in [0.29, 0.717) is 11.7 Å². The number of aliphatic hydroxyl groups is 1. The molecule has 1 fully saturated rings. The Labute approximate surface area is 154 Å². The normalized spacial score (nSPS) is 21.5. The molecule has 1 aliphatic heterocycles. The van der Waals surface area contributed by atoms with Crippen LogP contribution in [0.1, 0.15) is 36.1 Å². The van der Waals surface area contributed by atoms with Crippen molar-refractivity contribution in [2.75, 3.05) is 20.2 Å². The van der Waals surface area contributed by atoms with E-state index in [-0.39, 0.29) is 5.92 Å². The summed E-state index contributed by atoms with van der Waals surface area (Å²) >= 11 is 6.40. The third-order valence-electron chi connectivity index (χ3n) is 5.06. The predicted molar refractivity (Wildman–Crippen MR) is 99.2 cm³/mol. The van der Waals surface area contributed by atoms with Crippen LogP contribution >= 0.6 is 11.6 Å². The van der Waals surface area contributed by atoms with Gasteiger partial charge in [0, 0.05) is 31.6 Å². The number of hydrogen-bond acceptors (Lipinski definition) is 4. The molecule has 1 aromatic heterocycles. The number of nitrogens with zero attached hydrogens (tertiary/aromatic N) is 3. The Hall–Kier alpha value is -1.56. The molecule has 0 radical (unpaired) electrons. The largest absolute Gasteiger partial charge is 0.497 e. The number of β-amino-alcohol motifs (C(OH)–C–C–N with tert-alkyl or cyclic N) is 1. The fourth-order valence-corrected chi connectivity index (χ4v) is 3.87. The average Bonchev–Trinajstić information content (AvgIpc) is 2.89. The zero-order valence-electron chi connectivity index (χ0n) is 15.1. The molecule has 3 rings (SSSR count). The fraction of sp³-hybridized carbons (Fsp3) is 0.526. The van der Waals surface area contributed by atoms with Crippen LogP contribution in [0.5, 0.6) is 5.75 Å². The molecule has 0 bridgehead atoms. The monoisotopic (exact) mass is 363 g/mol. The van der Waals surface area contributed by atoms with Crippen molar-refractivity contribution in [1.29, 1.82) is 0 Å². The number of aliphatic hydroxyl groups excluding tert-OH is 1. The van der Waals surface area contributed by atoms with E-state index in [4.69, 9.17) is 16.3 Å². The van der Waals surface area contributed by atoms with Crippen LogP contribution in [-0.2, 0) is 20.0 Å². The molecule has 1 aliphatic rings. The van der Waals surface area contributed by atoms with E-state index in [1.165, 1.54) is 0 Å². The molecule has 25 heavy (non-hydrogen) atoms. The Balaban J connectivity index is 1.70. The molecule has 0 aliphatic carbocycles. The first-order valence-corrected chi connectivity index (χ1v) is 9.15. The van der Waals surface area contributed by atoms with E-state index in [1.54, 1.807) is 11.8 Å². The molecule has 136 valence electrons. The van der Waals surface area contributed by atoms with Gasteiger partial charge in [-0.05, 0) is 37.1 Å². The molecule has 1 N–H and O–H groups in total. The predicted octanol–water partition coefficient (Wildman–Crippen LogP) is 2.99.